The third kappa shape index (κ3) is 2.92. The Labute approximate surface area is 91.1 Å². The maximum atomic E-state index is 11.3. The maximum absolute atomic E-state index is 11.3. The van der Waals surface area contributed by atoms with E-state index in [4.69, 9.17) is 21.8 Å². The fourth-order valence-electron chi connectivity index (χ4n) is 0.926. The second kappa shape index (κ2) is 5.11. The Hall–Kier alpha value is -1.11. The van der Waals surface area contributed by atoms with Gasteiger partial charge in [-0.2, -0.15) is 5.10 Å². The van der Waals surface area contributed by atoms with Crippen molar-refractivity contribution in [2.24, 2.45) is 7.05 Å². The molecule has 0 aliphatic carbocycles. The molecule has 0 fully saturated rings. The van der Waals surface area contributed by atoms with Crippen LogP contribution < -0.4 is 10.9 Å². The molecule has 1 aromatic rings. The number of hydrogen-bond donors (Lipinski definition) is 3. The van der Waals surface area contributed by atoms with Crippen molar-refractivity contribution in [1.29, 1.82) is 0 Å². The van der Waals surface area contributed by atoms with E-state index in [2.05, 4.69) is 10.4 Å². The summed E-state index contributed by atoms with van der Waals surface area (Å²) in [7, 11) is 1.49. The highest BCUT2D eigenvalue weighted by molar-refractivity contribution is 6.32. The van der Waals surface area contributed by atoms with Crippen LogP contribution in [0.5, 0.6) is 0 Å². The molecule has 0 aliphatic rings. The summed E-state index contributed by atoms with van der Waals surface area (Å²) in [5.41, 5.74) is -0.0765. The van der Waals surface area contributed by atoms with Crippen LogP contribution in [0.2, 0.25) is 5.02 Å². The molecule has 0 saturated carbocycles. The van der Waals surface area contributed by atoms with Gasteiger partial charge in [0.25, 0.3) is 5.56 Å². The summed E-state index contributed by atoms with van der Waals surface area (Å²) in [6, 6.07) is 0. The Morgan fingerprint density at radius 1 is 1.73 bits per heavy atom. The van der Waals surface area contributed by atoms with Gasteiger partial charge in [0.05, 0.1) is 24.6 Å². The second-order valence-corrected chi connectivity index (χ2v) is 3.40. The standard InChI is InChI=1S/C8H12ClN3O3/c1-12-8(15)7(9)6(3-11-12)10-2-5(14)4-13/h3,5,10,13-14H,2,4H2,1H3. The molecule has 0 bridgehead atoms. The lowest BCUT2D eigenvalue weighted by molar-refractivity contribution is 0.105. The number of rotatable bonds is 4. The van der Waals surface area contributed by atoms with Crippen LogP contribution in [-0.4, -0.2) is 39.2 Å². The summed E-state index contributed by atoms with van der Waals surface area (Å²) in [6.07, 6.45) is 0.485. The zero-order valence-electron chi connectivity index (χ0n) is 8.14. The summed E-state index contributed by atoms with van der Waals surface area (Å²) in [5.74, 6) is 0. The second-order valence-electron chi connectivity index (χ2n) is 3.02. The predicted molar refractivity (Wildman–Crippen MR) is 56.1 cm³/mol. The first-order chi connectivity index (χ1) is 7.06. The third-order valence-electron chi connectivity index (χ3n) is 1.82. The molecular weight excluding hydrogens is 222 g/mol. The minimum Gasteiger partial charge on any atom is -0.394 e. The van der Waals surface area contributed by atoms with Crippen molar-refractivity contribution in [3.05, 3.63) is 21.6 Å². The van der Waals surface area contributed by atoms with Crippen molar-refractivity contribution in [1.82, 2.24) is 9.78 Å². The molecular formula is C8H12ClN3O3. The van der Waals surface area contributed by atoms with Crippen molar-refractivity contribution in [2.45, 2.75) is 6.10 Å². The van der Waals surface area contributed by atoms with E-state index in [-0.39, 0.29) is 18.2 Å². The molecule has 3 N–H and O–H groups in total. The number of aryl methyl sites for hydroxylation is 1. The van der Waals surface area contributed by atoms with Crippen molar-refractivity contribution in [3.63, 3.8) is 0 Å². The van der Waals surface area contributed by atoms with Gasteiger partial charge in [-0.3, -0.25) is 4.79 Å². The first-order valence-electron chi connectivity index (χ1n) is 4.31. The SMILES string of the molecule is Cn1ncc(NCC(O)CO)c(Cl)c1=O. The van der Waals surface area contributed by atoms with E-state index in [1.807, 2.05) is 0 Å². The molecule has 0 amide bonds. The van der Waals surface area contributed by atoms with Crippen molar-refractivity contribution in [3.8, 4) is 0 Å². The predicted octanol–water partition coefficient (Wildman–Crippen LogP) is -0.801. The molecule has 1 aromatic heterocycles. The van der Waals surface area contributed by atoms with Gasteiger partial charge in [-0.05, 0) is 0 Å². The van der Waals surface area contributed by atoms with Gasteiger partial charge >= 0.3 is 0 Å². The van der Waals surface area contributed by atoms with Gasteiger partial charge in [0.1, 0.15) is 5.02 Å². The molecule has 7 heteroatoms. The zero-order valence-corrected chi connectivity index (χ0v) is 8.90. The van der Waals surface area contributed by atoms with E-state index in [9.17, 15) is 4.79 Å². The van der Waals surface area contributed by atoms with Crippen molar-refractivity contribution >= 4 is 17.3 Å². The van der Waals surface area contributed by atoms with Crippen LogP contribution in [0.25, 0.3) is 0 Å². The fourth-order valence-corrected chi connectivity index (χ4v) is 1.16. The Bertz CT molecular complexity index is 393. The maximum Gasteiger partial charge on any atom is 0.287 e. The highest BCUT2D eigenvalue weighted by atomic mass is 35.5. The number of anilines is 1. The van der Waals surface area contributed by atoms with Crippen LogP contribution in [0.3, 0.4) is 0 Å². The number of aliphatic hydroxyl groups is 2. The molecule has 0 radical (unpaired) electrons. The normalized spacial score (nSPS) is 12.5. The number of hydrogen-bond acceptors (Lipinski definition) is 5. The third-order valence-corrected chi connectivity index (χ3v) is 2.18. The van der Waals surface area contributed by atoms with Gasteiger partial charge < -0.3 is 15.5 Å². The number of aromatic nitrogens is 2. The van der Waals surface area contributed by atoms with Crippen LogP contribution in [0.4, 0.5) is 5.69 Å². The summed E-state index contributed by atoms with van der Waals surface area (Å²) in [4.78, 5) is 11.3. The lowest BCUT2D eigenvalue weighted by Crippen LogP contribution is -2.26. The summed E-state index contributed by atoms with van der Waals surface area (Å²) >= 11 is 5.75. The lowest BCUT2D eigenvalue weighted by Gasteiger charge is -2.11. The van der Waals surface area contributed by atoms with Gasteiger partial charge in [0.15, 0.2) is 0 Å². The number of nitrogens with one attached hydrogen (secondary N) is 1. The van der Waals surface area contributed by atoms with Crippen molar-refractivity contribution < 1.29 is 10.2 Å². The van der Waals surface area contributed by atoms with E-state index in [0.717, 1.165) is 4.68 Å². The molecule has 0 saturated heterocycles. The fraction of sp³-hybridized carbons (Fsp3) is 0.500. The molecule has 84 valence electrons. The average Bonchev–Trinajstić information content (AvgIpc) is 2.24. The largest absolute Gasteiger partial charge is 0.394 e. The number of aliphatic hydroxyl groups excluding tert-OH is 2. The van der Waals surface area contributed by atoms with Crippen LogP contribution in [0, 0.1) is 0 Å². The topological polar surface area (TPSA) is 87.4 Å². The molecule has 0 aromatic carbocycles. The van der Waals surface area contributed by atoms with Crippen LogP contribution in [0.1, 0.15) is 0 Å². The molecule has 0 spiro atoms. The molecule has 6 nitrogen and oxygen atoms in total. The monoisotopic (exact) mass is 233 g/mol. The van der Waals surface area contributed by atoms with Crippen LogP contribution >= 0.6 is 11.6 Å². The highest BCUT2D eigenvalue weighted by Crippen LogP contribution is 2.14. The Balaban J connectivity index is 2.79. The van der Waals surface area contributed by atoms with Crippen LogP contribution in [-0.2, 0) is 7.05 Å². The number of halogens is 1. The lowest BCUT2D eigenvalue weighted by atomic mass is 10.3. The molecule has 1 atom stereocenters. The summed E-state index contributed by atoms with van der Waals surface area (Å²) < 4.78 is 1.11. The van der Waals surface area contributed by atoms with Crippen molar-refractivity contribution in [2.75, 3.05) is 18.5 Å². The zero-order chi connectivity index (χ0) is 11.4. The van der Waals surface area contributed by atoms with Gasteiger partial charge in [-0.15, -0.1) is 0 Å². The Morgan fingerprint density at radius 2 is 2.40 bits per heavy atom. The molecule has 1 heterocycles. The molecule has 1 rings (SSSR count). The van der Waals surface area contributed by atoms with E-state index >= 15 is 0 Å². The molecule has 1 unspecified atom stereocenters. The van der Waals surface area contributed by atoms with E-state index in [1.54, 1.807) is 0 Å². The van der Waals surface area contributed by atoms with Gasteiger partial charge in [0.2, 0.25) is 0 Å². The Morgan fingerprint density at radius 3 is 3.00 bits per heavy atom. The summed E-state index contributed by atoms with van der Waals surface area (Å²) in [5, 5.41) is 24.1. The quantitative estimate of drug-likeness (QED) is 0.634. The smallest absolute Gasteiger partial charge is 0.287 e. The molecule has 0 aliphatic heterocycles. The van der Waals surface area contributed by atoms with E-state index < -0.39 is 11.7 Å². The van der Waals surface area contributed by atoms with E-state index in [1.165, 1.54) is 13.2 Å². The van der Waals surface area contributed by atoms with Gasteiger partial charge in [-0.1, -0.05) is 11.6 Å². The first-order valence-corrected chi connectivity index (χ1v) is 4.68. The average molecular weight is 234 g/mol. The van der Waals surface area contributed by atoms with Crippen LogP contribution in [0.15, 0.2) is 11.0 Å². The van der Waals surface area contributed by atoms with E-state index in [0.29, 0.717) is 5.69 Å². The first kappa shape index (κ1) is 12.0. The minimum atomic E-state index is -0.898. The van der Waals surface area contributed by atoms with Gasteiger partial charge in [0, 0.05) is 13.6 Å². The Kier molecular flexibility index (Phi) is 4.07. The highest BCUT2D eigenvalue weighted by Gasteiger charge is 2.08. The van der Waals surface area contributed by atoms with Gasteiger partial charge in [-0.25, -0.2) is 4.68 Å². The number of nitrogens with zero attached hydrogens (tertiary/aromatic N) is 2. The molecule has 15 heavy (non-hydrogen) atoms. The minimum absolute atomic E-state index is 0.0117. The summed E-state index contributed by atoms with van der Waals surface area (Å²) in [6.45, 7) is -0.256.